The van der Waals surface area contributed by atoms with Crippen molar-refractivity contribution in [1.29, 1.82) is 0 Å². The van der Waals surface area contributed by atoms with Crippen molar-refractivity contribution >= 4 is 21.9 Å². The van der Waals surface area contributed by atoms with Gasteiger partial charge < -0.3 is 8.85 Å². The molecule has 92 valence electrons. The summed E-state index contributed by atoms with van der Waals surface area (Å²) in [6.07, 6.45) is 4.33. The summed E-state index contributed by atoms with van der Waals surface area (Å²) in [6, 6.07) is 1.07. The lowest BCUT2D eigenvalue weighted by atomic mass is 9.95. The molecule has 0 N–H and O–H groups in total. The highest BCUT2D eigenvalue weighted by Crippen LogP contribution is 2.26. The Bertz CT molecular complexity index is 143. The first-order valence-electron chi connectivity index (χ1n) is 5.99. The third-order valence-electron chi connectivity index (χ3n) is 3.18. The van der Waals surface area contributed by atoms with E-state index in [1.54, 1.807) is 7.11 Å². The van der Waals surface area contributed by atoms with E-state index in [-0.39, 0.29) is 5.60 Å². The van der Waals surface area contributed by atoms with E-state index in [0.717, 1.165) is 37.5 Å². The molecule has 0 aliphatic rings. The van der Waals surface area contributed by atoms with E-state index in [1.807, 2.05) is 0 Å². The molecule has 0 heterocycles. The van der Waals surface area contributed by atoms with E-state index in [1.165, 1.54) is 0 Å². The maximum Gasteiger partial charge on any atom is 0.321 e. The molecule has 0 spiro atoms. The van der Waals surface area contributed by atoms with Gasteiger partial charge in [-0.2, -0.15) is 12.6 Å². The van der Waals surface area contributed by atoms with Gasteiger partial charge in [-0.05, 0) is 37.5 Å². The lowest BCUT2D eigenvalue weighted by molar-refractivity contribution is 0.0285. The average Bonchev–Trinajstić information content (AvgIpc) is 2.30. The molecule has 0 aromatic heterocycles. The minimum atomic E-state index is -1.46. The van der Waals surface area contributed by atoms with Crippen LogP contribution in [-0.4, -0.2) is 27.7 Å². The van der Waals surface area contributed by atoms with Crippen LogP contribution in [0.2, 0.25) is 6.04 Å². The van der Waals surface area contributed by atoms with Crippen LogP contribution < -0.4 is 0 Å². The van der Waals surface area contributed by atoms with Crippen LogP contribution in [0.15, 0.2) is 0 Å². The second-order valence-electron chi connectivity index (χ2n) is 3.89. The van der Waals surface area contributed by atoms with Crippen molar-refractivity contribution in [3.05, 3.63) is 0 Å². The van der Waals surface area contributed by atoms with Gasteiger partial charge in [0, 0.05) is 7.11 Å². The zero-order valence-electron chi connectivity index (χ0n) is 10.6. The van der Waals surface area contributed by atoms with Gasteiger partial charge in [0.25, 0.3) is 0 Å². The highest BCUT2D eigenvalue weighted by Gasteiger charge is 2.29. The summed E-state index contributed by atoms with van der Waals surface area (Å²) in [4.78, 5) is 0. The summed E-state index contributed by atoms with van der Waals surface area (Å²) in [7, 11) is 0.322. The fraction of sp³-hybridized carbons (Fsp3) is 1.00. The molecule has 4 heteroatoms. The predicted octanol–water partition coefficient (Wildman–Crippen LogP) is 3.16. The Morgan fingerprint density at radius 2 is 1.67 bits per heavy atom. The summed E-state index contributed by atoms with van der Waals surface area (Å²) in [5.74, 6) is 0.924. The number of hydrogen-bond acceptors (Lipinski definition) is 3. The van der Waals surface area contributed by atoms with Gasteiger partial charge >= 0.3 is 9.28 Å². The summed E-state index contributed by atoms with van der Waals surface area (Å²) in [6.45, 7) is 6.60. The first-order valence-corrected chi connectivity index (χ1v) is 8.38. The summed E-state index contributed by atoms with van der Waals surface area (Å²) in [5.41, 5.74) is 0.0590. The van der Waals surface area contributed by atoms with E-state index in [0.29, 0.717) is 0 Å². The van der Waals surface area contributed by atoms with Crippen LogP contribution in [-0.2, 0) is 8.85 Å². The van der Waals surface area contributed by atoms with Crippen LogP contribution in [0.1, 0.15) is 46.5 Å². The van der Waals surface area contributed by atoms with Gasteiger partial charge in [0.05, 0.1) is 5.60 Å². The monoisotopic (exact) mass is 250 g/mol. The zero-order chi connectivity index (χ0) is 11.7. The molecule has 2 nitrogen and oxygen atoms in total. The predicted molar refractivity (Wildman–Crippen MR) is 72.1 cm³/mol. The Morgan fingerprint density at radius 3 is 2.00 bits per heavy atom. The number of rotatable bonds is 9. The molecule has 0 amide bonds. The maximum absolute atomic E-state index is 6.22. The largest absolute Gasteiger partial charge is 0.400 e. The molecule has 0 saturated carbocycles. The van der Waals surface area contributed by atoms with Gasteiger partial charge in [-0.1, -0.05) is 20.8 Å². The Labute approximate surface area is 102 Å². The van der Waals surface area contributed by atoms with Crippen LogP contribution >= 0.6 is 12.6 Å². The number of thiol groups is 1. The highest BCUT2D eigenvalue weighted by atomic mass is 32.1. The molecule has 1 unspecified atom stereocenters. The van der Waals surface area contributed by atoms with Crippen LogP contribution in [0.3, 0.4) is 0 Å². The van der Waals surface area contributed by atoms with Crippen molar-refractivity contribution in [3.63, 3.8) is 0 Å². The second-order valence-corrected chi connectivity index (χ2v) is 6.48. The molecule has 0 rings (SSSR count). The van der Waals surface area contributed by atoms with Crippen LogP contribution in [0.5, 0.6) is 0 Å². The average molecular weight is 250 g/mol. The topological polar surface area (TPSA) is 18.5 Å². The molecule has 0 aliphatic heterocycles. The summed E-state index contributed by atoms with van der Waals surface area (Å²) in [5, 5.41) is 0. The molecule has 0 saturated heterocycles. The first kappa shape index (κ1) is 15.5. The van der Waals surface area contributed by atoms with Crippen molar-refractivity contribution in [3.8, 4) is 0 Å². The van der Waals surface area contributed by atoms with Crippen LogP contribution in [0, 0.1) is 0 Å². The molecular weight excluding hydrogens is 224 g/mol. The van der Waals surface area contributed by atoms with Crippen molar-refractivity contribution in [2.45, 2.75) is 58.1 Å². The zero-order valence-corrected chi connectivity index (χ0v) is 12.6. The Kier molecular flexibility index (Phi) is 8.90. The smallest absolute Gasteiger partial charge is 0.321 e. The second kappa shape index (κ2) is 8.62. The SMILES string of the molecule is CCC(CC)(CC)O[SiH](CCCS)OC. The van der Waals surface area contributed by atoms with E-state index < -0.39 is 9.28 Å². The van der Waals surface area contributed by atoms with Crippen LogP contribution in [0.4, 0.5) is 0 Å². The summed E-state index contributed by atoms with van der Waals surface area (Å²) < 4.78 is 11.7. The Morgan fingerprint density at radius 1 is 1.13 bits per heavy atom. The fourth-order valence-electron chi connectivity index (χ4n) is 1.76. The van der Waals surface area contributed by atoms with Gasteiger partial charge in [-0.25, -0.2) is 0 Å². The summed E-state index contributed by atoms with van der Waals surface area (Å²) >= 11 is 4.23. The maximum atomic E-state index is 6.22. The Hall–Kier alpha value is 0.487. The van der Waals surface area contributed by atoms with Gasteiger partial charge in [0.15, 0.2) is 0 Å². The number of hydrogen-bond donors (Lipinski definition) is 1. The molecule has 0 aromatic rings. The normalized spacial score (nSPS) is 14.2. The van der Waals surface area contributed by atoms with E-state index in [4.69, 9.17) is 8.85 Å². The molecular formula is C11H26O2SSi. The minimum Gasteiger partial charge on any atom is -0.400 e. The van der Waals surface area contributed by atoms with Gasteiger partial charge in [0.2, 0.25) is 0 Å². The lowest BCUT2D eigenvalue weighted by Crippen LogP contribution is -2.38. The quantitative estimate of drug-likeness (QED) is 0.500. The molecule has 0 fully saturated rings. The molecule has 0 bridgehead atoms. The first-order chi connectivity index (χ1) is 7.17. The van der Waals surface area contributed by atoms with E-state index in [9.17, 15) is 0 Å². The molecule has 0 radical (unpaired) electrons. The van der Waals surface area contributed by atoms with Gasteiger partial charge in [-0.15, -0.1) is 0 Å². The highest BCUT2D eigenvalue weighted by molar-refractivity contribution is 7.80. The fourth-order valence-corrected chi connectivity index (χ4v) is 4.33. The van der Waals surface area contributed by atoms with Crippen LogP contribution in [0.25, 0.3) is 0 Å². The molecule has 0 aliphatic carbocycles. The van der Waals surface area contributed by atoms with Crippen molar-refractivity contribution in [2.24, 2.45) is 0 Å². The lowest BCUT2D eigenvalue weighted by Gasteiger charge is -2.34. The third-order valence-corrected chi connectivity index (χ3v) is 5.66. The van der Waals surface area contributed by atoms with Crippen molar-refractivity contribution < 1.29 is 8.85 Å². The molecule has 0 aromatic carbocycles. The van der Waals surface area contributed by atoms with Gasteiger partial charge in [-0.3, -0.25) is 0 Å². The van der Waals surface area contributed by atoms with Crippen molar-refractivity contribution in [2.75, 3.05) is 12.9 Å². The Balaban J connectivity index is 4.21. The van der Waals surface area contributed by atoms with E-state index >= 15 is 0 Å². The standard InChI is InChI=1S/C11H26O2SSi/c1-5-11(6-2,7-3)13-15(12-4)10-8-9-14/h14-15H,5-10H2,1-4H3. The van der Waals surface area contributed by atoms with Crippen molar-refractivity contribution in [1.82, 2.24) is 0 Å². The third kappa shape index (κ3) is 5.38. The minimum absolute atomic E-state index is 0.0590. The van der Waals surface area contributed by atoms with Gasteiger partial charge in [0.1, 0.15) is 0 Å². The molecule has 15 heavy (non-hydrogen) atoms. The molecule has 1 atom stereocenters. The van der Waals surface area contributed by atoms with E-state index in [2.05, 4.69) is 33.4 Å².